The molecule has 2 saturated heterocycles. The van der Waals surface area contributed by atoms with Gasteiger partial charge in [-0.15, -0.1) is 11.3 Å². The quantitative estimate of drug-likeness (QED) is 0.338. The summed E-state index contributed by atoms with van der Waals surface area (Å²) in [6.45, 7) is 4.66. The minimum Gasteiger partial charge on any atom is -0.378 e. The lowest BCUT2D eigenvalue weighted by molar-refractivity contribution is -0.129. The third-order valence-corrected chi connectivity index (χ3v) is 11.4. The molecule has 2 aliphatic heterocycles. The Morgan fingerprint density at radius 1 is 0.875 bits per heavy atom. The van der Waals surface area contributed by atoms with Gasteiger partial charge in [-0.1, -0.05) is 18.2 Å². The summed E-state index contributed by atoms with van der Waals surface area (Å²) >= 11 is 8.20. The molecule has 1 aromatic heterocycles. The highest BCUT2D eigenvalue weighted by molar-refractivity contribution is 9.13. The van der Waals surface area contributed by atoms with Crippen molar-refractivity contribution in [3.8, 4) is 0 Å². The predicted molar refractivity (Wildman–Crippen MR) is 155 cm³/mol. The molecule has 5 atom stereocenters. The first kappa shape index (κ1) is 26.4. The van der Waals surface area contributed by atoms with Gasteiger partial charge < -0.3 is 14.4 Å². The lowest BCUT2D eigenvalue weighted by atomic mass is 9.77. The molecule has 3 fully saturated rings. The van der Waals surface area contributed by atoms with Crippen molar-refractivity contribution in [1.82, 2.24) is 0 Å². The van der Waals surface area contributed by atoms with E-state index >= 15 is 0 Å². The number of hydrogen-bond acceptors (Lipinski definition) is 8. The fourth-order valence-corrected chi connectivity index (χ4v) is 8.33. The number of aryl methyl sites for hydroxylation is 1. The molecular weight excluding hydrogens is 662 g/mol. The van der Waals surface area contributed by atoms with Crippen molar-refractivity contribution in [2.24, 2.45) is 11.8 Å². The number of halogens is 2. The van der Waals surface area contributed by atoms with Crippen LogP contribution in [0.2, 0.25) is 0 Å². The SMILES string of the molecule is Cc1cc2c(s1)C(=O)C1(OC(c3ccc(Br)c(Br)c3)C3C(=O)C(c4ccc(N5CCOCC5)cc4)C(=O)[C@H]31)C2=O. The summed E-state index contributed by atoms with van der Waals surface area (Å²) in [5, 5.41) is 0. The Bertz CT molecular complexity index is 1580. The zero-order valence-electron chi connectivity index (χ0n) is 21.3. The summed E-state index contributed by atoms with van der Waals surface area (Å²) in [6, 6.07) is 14.5. The summed E-state index contributed by atoms with van der Waals surface area (Å²) in [5.41, 5.74) is 0.430. The van der Waals surface area contributed by atoms with E-state index in [0.29, 0.717) is 29.2 Å². The van der Waals surface area contributed by atoms with Crippen LogP contribution in [-0.2, 0) is 19.1 Å². The topological polar surface area (TPSA) is 90.0 Å². The molecule has 7 rings (SSSR count). The minimum atomic E-state index is -2.03. The van der Waals surface area contributed by atoms with E-state index in [4.69, 9.17) is 9.47 Å². The van der Waals surface area contributed by atoms with Crippen molar-refractivity contribution < 1.29 is 28.7 Å². The molecule has 0 bridgehead atoms. The van der Waals surface area contributed by atoms with Gasteiger partial charge >= 0.3 is 0 Å². The lowest BCUT2D eigenvalue weighted by Gasteiger charge is -2.29. The average Bonchev–Trinajstić information content (AvgIpc) is 3.65. The van der Waals surface area contributed by atoms with E-state index in [1.54, 1.807) is 18.2 Å². The average molecular weight is 685 g/mol. The second-order valence-corrected chi connectivity index (χ2v) is 13.6. The van der Waals surface area contributed by atoms with Crippen molar-refractivity contribution in [3.63, 3.8) is 0 Å². The van der Waals surface area contributed by atoms with E-state index in [-0.39, 0.29) is 11.3 Å². The smallest absolute Gasteiger partial charge is 0.214 e. The van der Waals surface area contributed by atoms with Crippen molar-refractivity contribution in [2.45, 2.75) is 24.5 Å². The van der Waals surface area contributed by atoms with Crippen LogP contribution in [0.4, 0.5) is 5.69 Å². The highest BCUT2D eigenvalue weighted by Gasteiger charge is 2.75. The molecular formula is C30H23Br2NO6S. The maximum atomic E-state index is 14.2. The molecule has 1 saturated carbocycles. The van der Waals surface area contributed by atoms with Crippen LogP contribution >= 0.6 is 43.2 Å². The molecule has 0 N–H and O–H groups in total. The van der Waals surface area contributed by atoms with Crippen LogP contribution in [0.3, 0.4) is 0 Å². The van der Waals surface area contributed by atoms with Crippen molar-refractivity contribution in [1.29, 1.82) is 0 Å². The van der Waals surface area contributed by atoms with Crippen molar-refractivity contribution in [3.05, 3.63) is 83.9 Å². The molecule has 40 heavy (non-hydrogen) atoms. The van der Waals surface area contributed by atoms with E-state index in [9.17, 15) is 19.2 Å². The Morgan fingerprint density at radius 2 is 1.57 bits per heavy atom. The fraction of sp³-hybridized carbons (Fsp3) is 0.333. The number of carbonyl (C=O) groups is 4. The second kappa shape index (κ2) is 9.52. The number of benzene rings is 2. The standard InChI is InChI=1S/C30H23Br2NO6S/c1-14-12-18-27(40-14)29(37)30(28(18)36)23-22(26(39-30)16-4-7-19(31)20(32)13-16)24(34)21(25(23)35)15-2-5-17(6-3-15)33-8-10-38-11-9-33/h2-7,12-13,21-23,26H,8-11H2,1H3/t21?,22?,23-,26?,30?/m0/s1. The lowest BCUT2D eigenvalue weighted by Crippen LogP contribution is -2.49. The number of Topliss-reactive ketones (excluding diaryl/α,β-unsaturated/α-hetero) is 4. The summed E-state index contributed by atoms with van der Waals surface area (Å²) in [4.78, 5) is 59.7. The highest BCUT2D eigenvalue weighted by atomic mass is 79.9. The minimum absolute atomic E-state index is 0.280. The van der Waals surface area contributed by atoms with Crippen LogP contribution in [-0.4, -0.2) is 55.0 Å². The van der Waals surface area contributed by atoms with E-state index < -0.39 is 46.8 Å². The number of nitrogens with zero attached hydrogens (tertiary/aromatic N) is 1. The molecule has 4 aliphatic rings. The van der Waals surface area contributed by atoms with Gasteiger partial charge in [0.05, 0.1) is 36.0 Å². The number of carbonyl (C=O) groups excluding carboxylic acids is 4. The van der Waals surface area contributed by atoms with Crippen molar-refractivity contribution in [2.75, 3.05) is 31.2 Å². The zero-order chi connectivity index (χ0) is 27.9. The van der Waals surface area contributed by atoms with Crippen LogP contribution in [0.1, 0.15) is 48.1 Å². The summed E-state index contributed by atoms with van der Waals surface area (Å²) in [7, 11) is 0. The monoisotopic (exact) mass is 683 g/mol. The Balaban J connectivity index is 1.32. The molecule has 3 aromatic rings. The van der Waals surface area contributed by atoms with E-state index in [0.717, 1.165) is 32.6 Å². The maximum Gasteiger partial charge on any atom is 0.214 e. The summed E-state index contributed by atoms with van der Waals surface area (Å²) in [6.07, 6.45) is -0.925. The number of rotatable bonds is 3. The van der Waals surface area contributed by atoms with Gasteiger partial charge in [0, 0.05) is 38.2 Å². The fourth-order valence-electron chi connectivity index (χ4n) is 6.68. The van der Waals surface area contributed by atoms with E-state index in [1.165, 1.54) is 11.3 Å². The number of thiophene rings is 1. The number of ether oxygens (including phenoxy) is 2. The zero-order valence-corrected chi connectivity index (χ0v) is 25.3. The predicted octanol–water partition coefficient (Wildman–Crippen LogP) is 5.48. The number of ketones is 4. The molecule has 204 valence electrons. The third-order valence-electron chi connectivity index (χ3n) is 8.50. The normalized spacial score (nSPS) is 29.5. The van der Waals surface area contributed by atoms with Gasteiger partial charge in [0.2, 0.25) is 17.2 Å². The Labute approximate surface area is 251 Å². The molecule has 1 spiro atoms. The van der Waals surface area contributed by atoms with Gasteiger partial charge in [0.1, 0.15) is 5.92 Å². The molecule has 10 heteroatoms. The molecule has 4 unspecified atom stereocenters. The second-order valence-electron chi connectivity index (χ2n) is 10.6. The van der Waals surface area contributed by atoms with Crippen molar-refractivity contribution >= 4 is 72.0 Å². The van der Waals surface area contributed by atoms with Crippen LogP contribution in [0.5, 0.6) is 0 Å². The Kier molecular flexibility index (Phi) is 6.29. The number of fused-ring (bicyclic) bond motifs is 3. The van der Waals surface area contributed by atoms with Crippen LogP contribution < -0.4 is 4.90 Å². The Morgan fingerprint density at radius 3 is 2.25 bits per heavy atom. The largest absolute Gasteiger partial charge is 0.378 e. The van der Waals surface area contributed by atoms with Gasteiger partial charge in [0.15, 0.2) is 11.6 Å². The van der Waals surface area contributed by atoms with E-state index in [2.05, 4.69) is 36.8 Å². The molecule has 3 heterocycles. The van der Waals surface area contributed by atoms with Crippen LogP contribution in [0.15, 0.2) is 57.5 Å². The first-order chi connectivity index (χ1) is 19.2. The molecule has 2 aromatic carbocycles. The first-order valence-electron chi connectivity index (χ1n) is 13.1. The number of anilines is 1. The third kappa shape index (κ3) is 3.66. The van der Waals surface area contributed by atoms with Gasteiger partial charge in [-0.3, -0.25) is 19.2 Å². The number of morpholine rings is 1. The molecule has 0 amide bonds. The Hall–Kier alpha value is -2.50. The van der Waals surface area contributed by atoms with Gasteiger partial charge in [-0.05, 0) is 80.2 Å². The van der Waals surface area contributed by atoms with Gasteiger partial charge in [-0.2, -0.15) is 0 Å². The highest BCUT2D eigenvalue weighted by Crippen LogP contribution is 2.60. The molecule has 2 aliphatic carbocycles. The molecule has 0 radical (unpaired) electrons. The molecule has 7 nitrogen and oxygen atoms in total. The van der Waals surface area contributed by atoms with Gasteiger partial charge in [-0.25, -0.2) is 0 Å². The first-order valence-corrected chi connectivity index (χ1v) is 15.5. The van der Waals surface area contributed by atoms with E-state index in [1.807, 2.05) is 37.3 Å². The van der Waals surface area contributed by atoms with Crippen LogP contribution in [0, 0.1) is 18.8 Å². The van der Waals surface area contributed by atoms with Gasteiger partial charge in [0.25, 0.3) is 0 Å². The number of hydrogen-bond donors (Lipinski definition) is 0. The maximum absolute atomic E-state index is 14.2. The summed E-state index contributed by atoms with van der Waals surface area (Å²) in [5.74, 6) is -5.01. The summed E-state index contributed by atoms with van der Waals surface area (Å²) < 4.78 is 13.4. The van der Waals surface area contributed by atoms with Crippen LogP contribution in [0.25, 0.3) is 0 Å².